The highest BCUT2D eigenvalue weighted by molar-refractivity contribution is 5.94. The molecule has 0 saturated carbocycles. The molecule has 5 nitrogen and oxygen atoms in total. The van der Waals surface area contributed by atoms with Crippen LogP contribution in [0.4, 0.5) is 5.69 Å². The number of likely N-dealkylation sites (N-methyl/N-ethyl adjacent to an activating group) is 1. The number of carbonyl (C=O) groups excluding carboxylic acids is 1. The molecule has 0 spiro atoms. The molecule has 2 rings (SSSR count). The number of hydrogen-bond donors (Lipinski definition) is 2. The van der Waals surface area contributed by atoms with Crippen LogP contribution in [-0.4, -0.2) is 38.8 Å². The van der Waals surface area contributed by atoms with Gasteiger partial charge in [-0.15, -0.1) is 0 Å². The molecule has 1 amide bonds. The van der Waals surface area contributed by atoms with E-state index >= 15 is 0 Å². The molecule has 1 aromatic rings. The van der Waals surface area contributed by atoms with Crippen LogP contribution in [0.25, 0.3) is 0 Å². The fourth-order valence-corrected chi connectivity index (χ4v) is 2.40. The van der Waals surface area contributed by atoms with Crippen LogP contribution in [-0.2, 0) is 9.53 Å². The maximum atomic E-state index is 12.3. The fraction of sp³-hybridized carbons (Fsp3) is 0.533. The number of amides is 1. The number of hydrogen-bond acceptors (Lipinski definition) is 4. The minimum atomic E-state index is -0.142. The van der Waals surface area contributed by atoms with Crippen LogP contribution >= 0.6 is 0 Å². The second-order valence-electron chi connectivity index (χ2n) is 4.98. The summed E-state index contributed by atoms with van der Waals surface area (Å²) in [6.45, 7) is 5.87. The Morgan fingerprint density at radius 2 is 2.25 bits per heavy atom. The third kappa shape index (κ3) is 3.29. The lowest BCUT2D eigenvalue weighted by Gasteiger charge is -2.18. The molecule has 2 N–H and O–H groups in total. The molecule has 0 bridgehead atoms. The zero-order valence-corrected chi connectivity index (χ0v) is 12.2. The maximum Gasteiger partial charge on any atom is 0.231 e. The topological polar surface area (TPSA) is 59.6 Å². The number of carbonyl (C=O) groups is 1. The summed E-state index contributed by atoms with van der Waals surface area (Å²) >= 11 is 0. The van der Waals surface area contributed by atoms with Gasteiger partial charge in [-0.3, -0.25) is 4.79 Å². The summed E-state index contributed by atoms with van der Waals surface area (Å²) in [4.78, 5) is 12.3. The van der Waals surface area contributed by atoms with Crippen molar-refractivity contribution in [3.63, 3.8) is 0 Å². The first-order valence-electron chi connectivity index (χ1n) is 6.92. The lowest BCUT2D eigenvalue weighted by Crippen LogP contribution is -2.41. The molecule has 20 heavy (non-hydrogen) atoms. The van der Waals surface area contributed by atoms with Crippen LogP contribution in [0.2, 0.25) is 0 Å². The number of rotatable bonds is 5. The molecule has 2 unspecified atom stereocenters. The van der Waals surface area contributed by atoms with Crippen LogP contribution in [0, 0.1) is 12.8 Å². The van der Waals surface area contributed by atoms with Gasteiger partial charge in [0.2, 0.25) is 5.91 Å². The summed E-state index contributed by atoms with van der Waals surface area (Å²) in [7, 11) is 1.63. The molecule has 1 saturated heterocycles. The molecule has 1 aliphatic heterocycles. The maximum absolute atomic E-state index is 12.3. The second-order valence-corrected chi connectivity index (χ2v) is 4.98. The molecule has 5 heteroatoms. The van der Waals surface area contributed by atoms with Gasteiger partial charge >= 0.3 is 0 Å². The Labute approximate surface area is 119 Å². The minimum Gasteiger partial charge on any atom is -0.497 e. The second kappa shape index (κ2) is 6.72. The molecule has 2 atom stereocenters. The first-order valence-corrected chi connectivity index (χ1v) is 6.92. The molecule has 0 aliphatic carbocycles. The molecule has 1 aromatic carbocycles. The number of anilines is 1. The lowest BCUT2D eigenvalue weighted by molar-refractivity contribution is -0.120. The zero-order chi connectivity index (χ0) is 14.5. The van der Waals surface area contributed by atoms with Gasteiger partial charge in [-0.05, 0) is 37.2 Å². The standard InChI is InChI=1S/C15H22N2O3/c1-4-16-14-9-20-8-12(14)15(18)17-13-6-5-11(19-3)7-10(13)2/h5-7,12,14,16H,4,8-9H2,1-3H3,(H,17,18). The average molecular weight is 278 g/mol. The Kier molecular flexibility index (Phi) is 4.98. The van der Waals surface area contributed by atoms with Gasteiger partial charge in [-0.2, -0.15) is 0 Å². The van der Waals surface area contributed by atoms with Gasteiger partial charge in [0.05, 0.1) is 26.2 Å². The van der Waals surface area contributed by atoms with Gasteiger partial charge in [0.1, 0.15) is 5.75 Å². The zero-order valence-electron chi connectivity index (χ0n) is 12.2. The van der Waals surface area contributed by atoms with Crippen LogP contribution in [0.3, 0.4) is 0 Å². The van der Waals surface area contributed by atoms with Crippen molar-refractivity contribution in [2.75, 3.05) is 32.2 Å². The van der Waals surface area contributed by atoms with E-state index in [1.165, 1.54) is 0 Å². The molecule has 1 aliphatic rings. The van der Waals surface area contributed by atoms with Crippen molar-refractivity contribution in [1.29, 1.82) is 0 Å². The van der Waals surface area contributed by atoms with Gasteiger partial charge in [0.15, 0.2) is 0 Å². The lowest BCUT2D eigenvalue weighted by atomic mass is 10.0. The SMILES string of the molecule is CCNC1COCC1C(=O)Nc1ccc(OC)cc1C. The van der Waals surface area contributed by atoms with Crippen LogP contribution in [0.15, 0.2) is 18.2 Å². The Morgan fingerprint density at radius 1 is 1.45 bits per heavy atom. The molecule has 110 valence electrons. The largest absolute Gasteiger partial charge is 0.497 e. The highest BCUT2D eigenvalue weighted by Crippen LogP contribution is 2.23. The van der Waals surface area contributed by atoms with E-state index in [4.69, 9.17) is 9.47 Å². The number of aryl methyl sites for hydroxylation is 1. The molecular weight excluding hydrogens is 256 g/mol. The molecule has 0 aromatic heterocycles. The van der Waals surface area contributed by atoms with E-state index < -0.39 is 0 Å². The molecule has 1 heterocycles. The average Bonchev–Trinajstić information content (AvgIpc) is 2.89. The Hall–Kier alpha value is -1.59. The van der Waals surface area contributed by atoms with E-state index in [0.717, 1.165) is 23.5 Å². The van der Waals surface area contributed by atoms with Gasteiger partial charge in [-0.25, -0.2) is 0 Å². The van der Waals surface area contributed by atoms with Crippen LogP contribution < -0.4 is 15.4 Å². The minimum absolute atomic E-state index is 0.00159. The Bertz CT molecular complexity index is 476. The summed E-state index contributed by atoms with van der Waals surface area (Å²) in [6, 6.07) is 5.71. The number of benzene rings is 1. The summed E-state index contributed by atoms with van der Waals surface area (Å²) in [6.07, 6.45) is 0. The fourth-order valence-electron chi connectivity index (χ4n) is 2.40. The predicted molar refractivity (Wildman–Crippen MR) is 78.1 cm³/mol. The third-order valence-electron chi connectivity index (χ3n) is 3.58. The van der Waals surface area contributed by atoms with Crippen molar-refractivity contribution in [3.05, 3.63) is 23.8 Å². The molecular formula is C15H22N2O3. The van der Waals surface area contributed by atoms with E-state index in [0.29, 0.717) is 13.2 Å². The summed E-state index contributed by atoms with van der Waals surface area (Å²) in [5.41, 5.74) is 1.80. The number of methoxy groups -OCH3 is 1. The Morgan fingerprint density at radius 3 is 2.90 bits per heavy atom. The Balaban J connectivity index is 2.04. The van der Waals surface area contributed by atoms with E-state index in [1.54, 1.807) is 7.11 Å². The van der Waals surface area contributed by atoms with Crippen LogP contribution in [0.1, 0.15) is 12.5 Å². The van der Waals surface area contributed by atoms with Crippen molar-refractivity contribution < 1.29 is 14.3 Å². The molecule has 0 radical (unpaired) electrons. The smallest absolute Gasteiger partial charge is 0.231 e. The highest BCUT2D eigenvalue weighted by atomic mass is 16.5. The summed E-state index contributed by atoms with van der Waals surface area (Å²) < 4.78 is 10.6. The van der Waals surface area contributed by atoms with Gasteiger partial charge in [0, 0.05) is 11.7 Å². The van der Waals surface area contributed by atoms with Gasteiger partial charge in [0.25, 0.3) is 0 Å². The third-order valence-corrected chi connectivity index (χ3v) is 3.58. The van der Waals surface area contributed by atoms with Gasteiger partial charge in [-0.1, -0.05) is 6.92 Å². The van der Waals surface area contributed by atoms with E-state index in [1.807, 2.05) is 32.0 Å². The molecule has 1 fully saturated rings. The van der Waals surface area contributed by atoms with E-state index in [2.05, 4.69) is 10.6 Å². The quantitative estimate of drug-likeness (QED) is 0.858. The van der Waals surface area contributed by atoms with Crippen molar-refractivity contribution in [2.24, 2.45) is 5.92 Å². The summed E-state index contributed by atoms with van der Waals surface area (Å²) in [5, 5.41) is 6.27. The van der Waals surface area contributed by atoms with Crippen molar-refractivity contribution in [3.8, 4) is 5.75 Å². The van der Waals surface area contributed by atoms with E-state index in [9.17, 15) is 4.79 Å². The van der Waals surface area contributed by atoms with Crippen molar-refractivity contribution in [2.45, 2.75) is 19.9 Å². The number of nitrogens with one attached hydrogen (secondary N) is 2. The summed E-state index contributed by atoms with van der Waals surface area (Å²) in [5.74, 6) is 0.647. The monoisotopic (exact) mass is 278 g/mol. The van der Waals surface area contributed by atoms with E-state index in [-0.39, 0.29) is 17.9 Å². The number of ether oxygens (including phenoxy) is 2. The van der Waals surface area contributed by atoms with Crippen LogP contribution in [0.5, 0.6) is 5.75 Å². The predicted octanol–water partition coefficient (Wildman–Crippen LogP) is 1.57. The van der Waals surface area contributed by atoms with Crippen molar-refractivity contribution in [1.82, 2.24) is 5.32 Å². The highest BCUT2D eigenvalue weighted by Gasteiger charge is 2.33. The van der Waals surface area contributed by atoms with Crippen molar-refractivity contribution >= 4 is 11.6 Å². The first kappa shape index (κ1) is 14.8. The van der Waals surface area contributed by atoms with Gasteiger partial charge < -0.3 is 20.1 Å². The normalized spacial score (nSPS) is 21.8. The first-order chi connectivity index (χ1) is 9.65.